The Labute approximate surface area is 172 Å². The van der Waals surface area contributed by atoms with Crippen LogP contribution in [0, 0.1) is 0 Å². The molecular formula is C24H29N3O2. The Bertz CT molecular complexity index is 918. The van der Waals surface area contributed by atoms with Crippen molar-refractivity contribution in [1.29, 1.82) is 0 Å². The summed E-state index contributed by atoms with van der Waals surface area (Å²) in [6, 6.07) is 16.9. The molecule has 1 spiro atoms. The molecule has 5 rings (SSSR count). The number of likely N-dealkylation sites (tertiary alicyclic amines) is 1. The van der Waals surface area contributed by atoms with Crippen molar-refractivity contribution in [3.8, 4) is 11.5 Å². The Morgan fingerprint density at radius 1 is 1.14 bits per heavy atom. The van der Waals surface area contributed by atoms with E-state index in [1.165, 1.54) is 12.0 Å². The minimum Gasteiger partial charge on any atom is -0.497 e. The maximum absolute atomic E-state index is 6.71. The zero-order chi connectivity index (χ0) is 19.8. The highest BCUT2D eigenvalue weighted by Crippen LogP contribution is 2.48. The molecule has 5 nitrogen and oxygen atoms in total. The monoisotopic (exact) mass is 391 g/mol. The molecule has 0 saturated carbocycles. The highest BCUT2D eigenvalue weighted by Gasteiger charge is 2.51. The number of ether oxygens (including phenoxy) is 2. The zero-order valence-electron chi connectivity index (χ0n) is 17.2. The summed E-state index contributed by atoms with van der Waals surface area (Å²) in [4.78, 5) is 2.55. The summed E-state index contributed by atoms with van der Waals surface area (Å²) in [6.45, 7) is 5.54. The molecule has 0 unspecified atom stereocenters. The van der Waals surface area contributed by atoms with Gasteiger partial charge in [0, 0.05) is 37.1 Å². The van der Waals surface area contributed by atoms with Gasteiger partial charge in [0.25, 0.3) is 0 Å². The highest BCUT2D eigenvalue weighted by molar-refractivity contribution is 5.68. The molecule has 152 valence electrons. The Hall–Kier alpha value is -2.50. The molecule has 5 heteroatoms. The lowest BCUT2D eigenvalue weighted by Gasteiger charge is -2.51. The van der Waals surface area contributed by atoms with Gasteiger partial charge in [-0.2, -0.15) is 5.01 Å². The molecule has 1 atom stereocenters. The predicted molar refractivity (Wildman–Crippen MR) is 114 cm³/mol. The van der Waals surface area contributed by atoms with Crippen LogP contribution in [0.2, 0.25) is 0 Å². The van der Waals surface area contributed by atoms with Crippen LogP contribution in [0.1, 0.15) is 43.4 Å². The van der Waals surface area contributed by atoms with Crippen molar-refractivity contribution in [2.24, 2.45) is 0 Å². The van der Waals surface area contributed by atoms with E-state index in [-0.39, 0.29) is 11.8 Å². The highest BCUT2D eigenvalue weighted by atomic mass is 16.5. The molecule has 1 saturated heterocycles. The van der Waals surface area contributed by atoms with Crippen LogP contribution in [-0.4, -0.2) is 42.4 Å². The van der Waals surface area contributed by atoms with E-state index in [9.17, 15) is 0 Å². The number of hydrazine groups is 1. The van der Waals surface area contributed by atoms with Crippen LogP contribution in [0.5, 0.6) is 11.5 Å². The van der Waals surface area contributed by atoms with Crippen molar-refractivity contribution >= 4 is 5.70 Å². The topological polar surface area (TPSA) is 37.0 Å². The van der Waals surface area contributed by atoms with Gasteiger partial charge in [-0.05, 0) is 37.2 Å². The first kappa shape index (κ1) is 18.5. The largest absolute Gasteiger partial charge is 0.497 e. The molecular weight excluding hydrogens is 362 g/mol. The molecule has 1 N–H and O–H groups in total. The van der Waals surface area contributed by atoms with Gasteiger partial charge in [0.15, 0.2) is 5.72 Å². The van der Waals surface area contributed by atoms with E-state index in [4.69, 9.17) is 9.47 Å². The smallest absolute Gasteiger partial charge is 0.182 e. The first-order valence-corrected chi connectivity index (χ1v) is 10.6. The standard InChI is InChI=1S/C24H29N3O2/c1-3-13-26-14-11-24(12-15-26)27-22(20-9-4-5-10-23(20)29-24)17-21(25-27)18-7-6-8-19(16-18)28-2/h4-10,16-17,22,25H,3,11-15H2,1-2H3/t22-/m1/s1. The molecule has 0 aromatic heterocycles. The second kappa shape index (κ2) is 7.39. The summed E-state index contributed by atoms with van der Waals surface area (Å²) in [7, 11) is 1.71. The SMILES string of the molecule is CCCN1CCC2(CC1)Oc1ccccc1[C@H]1C=C(c3cccc(OC)c3)NN12. The van der Waals surface area contributed by atoms with Gasteiger partial charge in [-0.15, -0.1) is 0 Å². The van der Waals surface area contributed by atoms with Crippen LogP contribution >= 0.6 is 0 Å². The number of piperidine rings is 1. The van der Waals surface area contributed by atoms with Crippen molar-refractivity contribution < 1.29 is 9.47 Å². The third-order valence-electron chi connectivity index (χ3n) is 6.38. The van der Waals surface area contributed by atoms with Crippen LogP contribution in [0.4, 0.5) is 0 Å². The van der Waals surface area contributed by atoms with E-state index >= 15 is 0 Å². The molecule has 0 amide bonds. The van der Waals surface area contributed by atoms with Crippen LogP contribution in [0.3, 0.4) is 0 Å². The van der Waals surface area contributed by atoms with Gasteiger partial charge in [-0.25, -0.2) is 0 Å². The van der Waals surface area contributed by atoms with Crippen LogP contribution in [-0.2, 0) is 0 Å². The Morgan fingerprint density at radius 3 is 2.76 bits per heavy atom. The first-order chi connectivity index (χ1) is 14.2. The van der Waals surface area contributed by atoms with E-state index in [2.05, 4.69) is 64.7 Å². The van der Waals surface area contributed by atoms with Gasteiger partial charge < -0.3 is 19.8 Å². The summed E-state index contributed by atoms with van der Waals surface area (Å²) < 4.78 is 12.1. The molecule has 29 heavy (non-hydrogen) atoms. The Balaban J connectivity index is 1.50. The first-order valence-electron chi connectivity index (χ1n) is 10.6. The van der Waals surface area contributed by atoms with Gasteiger partial charge in [0.1, 0.15) is 11.5 Å². The molecule has 3 aliphatic rings. The van der Waals surface area contributed by atoms with Crippen molar-refractivity contribution in [3.63, 3.8) is 0 Å². The average molecular weight is 392 g/mol. The number of benzene rings is 2. The van der Waals surface area contributed by atoms with E-state index in [1.54, 1.807) is 7.11 Å². The molecule has 3 heterocycles. The summed E-state index contributed by atoms with van der Waals surface area (Å²) >= 11 is 0. The summed E-state index contributed by atoms with van der Waals surface area (Å²) in [5, 5.41) is 2.35. The third kappa shape index (κ3) is 3.18. The molecule has 0 aliphatic carbocycles. The lowest BCUT2D eigenvalue weighted by Crippen LogP contribution is -2.63. The summed E-state index contributed by atoms with van der Waals surface area (Å²) in [6.07, 6.45) is 5.51. The van der Waals surface area contributed by atoms with E-state index in [0.29, 0.717) is 0 Å². The molecule has 3 aliphatic heterocycles. The molecule has 0 bridgehead atoms. The van der Waals surface area contributed by atoms with Gasteiger partial charge in [-0.1, -0.05) is 37.3 Å². The number of rotatable bonds is 4. The number of nitrogens with zero attached hydrogens (tertiary/aromatic N) is 2. The average Bonchev–Trinajstić information content (AvgIpc) is 3.23. The van der Waals surface area contributed by atoms with E-state index in [0.717, 1.165) is 55.2 Å². The fourth-order valence-corrected chi connectivity index (χ4v) is 4.86. The molecule has 0 radical (unpaired) electrons. The fraction of sp³-hybridized carbons (Fsp3) is 0.417. The number of hydrogen-bond acceptors (Lipinski definition) is 5. The zero-order valence-corrected chi connectivity index (χ0v) is 17.2. The van der Waals surface area contributed by atoms with Crippen LogP contribution in [0.15, 0.2) is 54.6 Å². The van der Waals surface area contributed by atoms with E-state index < -0.39 is 0 Å². The molecule has 2 aromatic rings. The lowest BCUT2D eigenvalue weighted by atomic mass is 9.92. The van der Waals surface area contributed by atoms with Crippen molar-refractivity contribution in [2.45, 2.75) is 38.0 Å². The lowest BCUT2D eigenvalue weighted by molar-refractivity contribution is -0.159. The van der Waals surface area contributed by atoms with Crippen molar-refractivity contribution in [3.05, 3.63) is 65.7 Å². The third-order valence-corrected chi connectivity index (χ3v) is 6.38. The van der Waals surface area contributed by atoms with Crippen molar-refractivity contribution in [1.82, 2.24) is 15.3 Å². The predicted octanol–water partition coefficient (Wildman–Crippen LogP) is 4.19. The molecule has 2 aromatic carbocycles. The number of nitrogens with one attached hydrogen (secondary N) is 1. The maximum atomic E-state index is 6.71. The van der Waals surface area contributed by atoms with Gasteiger partial charge in [0.05, 0.1) is 18.8 Å². The Kier molecular flexibility index (Phi) is 4.72. The quantitative estimate of drug-likeness (QED) is 0.846. The number of para-hydroxylation sites is 1. The molecule has 1 fully saturated rings. The normalized spacial score (nSPS) is 23.0. The second-order valence-electron chi connectivity index (χ2n) is 8.17. The second-order valence-corrected chi connectivity index (χ2v) is 8.17. The van der Waals surface area contributed by atoms with Crippen molar-refractivity contribution in [2.75, 3.05) is 26.7 Å². The number of methoxy groups -OCH3 is 1. The van der Waals surface area contributed by atoms with Gasteiger partial charge in [0.2, 0.25) is 0 Å². The summed E-state index contributed by atoms with van der Waals surface area (Å²) in [5.41, 5.74) is 6.86. The van der Waals surface area contributed by atoms with Gasteiger partial charge in [-0.3, -0.25) is 0 Å². The van der Waals surface area contributed by atoms with Crippen LogP contribution < -0.4 is 14.9 Å². The fourth-order valence-electron chi connectivity index (χ4n) is 4.86. The Morgan fingerprint density at radius 2 is 1.97 bits per heavy atom. The van der Waals surface area contributed by atoms with E-state index in [1.807, 2.05) is 12.1 Å². The summed E-state index contributed by atoms with van der Waals surface area (Å²) in [5.74, 6) is 1.89. The maximum Gasteiger partial charge on any atom is 0.182 e. The number of fused-ring (bicyclic) bond motifs is 4. The van der Waals surface area contributed by atoms with Crippen LogP contribution in [0.25, 0.3) is 5.70 Å². The van der Waals surface area contributed by atoms with Gasteiger partial charge >= 0.3 is 0 Å². The number of hydrogen-bond donors (Lipinski definition) is 1. The minimum atomic E-state index is -0.319. The minimum absolute atomic E-state index is 0.166.